The van der Waals surface area contributed by atoms with Gasteiger partial charge in [-0.3, -0.25) is 14.7 Å². The predicted molar refractivity (Wildman–Crippen MR) is 132 cm³/mol. The summed E-state index contributed by atoms with van der Waals surface area (Å²) in [4.78, 5) is 40.2. The number of ether oxygens (including phenoxy) is 1. The number of carbonyl (C=O) groups excluding carboxylic acids is 2. The number of aromatic amines is 1. The molecule has 1 N–H and O–H groups in total. The zero-order valence-electron chi connectivity index (χ0n) is 20.1. The van der Waals surface area contributed by atoms with E-state index in [4.69, 9.17) is 14.7 Å². The van der Waals surface area contributed by atoms with Gasteiger partial charge in [0.15, 0.2) is 5.65 Å². The molecule has 5 heterocycles. The van der Waals surface area contributed by atoms with Gasteiger partial charge < -0.3 is 19.4 Å². The molecule has 2 fully saturated rings. The maximum absolute atomic E-state index is 13.1. The van der Waals surface area contributed by atoms with Gasteiger partial charge in [-0.2, -0.15) is 15.2 Å². The molecular formula is C24H27N9O3. The first-order valence-corrected chi connectivity index (χ1v) is 12.1. The van der Waals surface area contributed by atoms with E-state index in [1.165, 1.54) is 0 Å². The van der Waals surface area contributed by atoms with E-state index in [1.54, 1.807) is 33.8 Å². The minimum absolute atomic E-state index is 0.0349. The number of rotatable bonds is 4. The summed E-state index contributed by atoms with van der Waals surface area (Å²) in [5.74, 6) is 0.575. The van der Waals surface area contributed by atoms with E-state index in [0.717, 1.165) is 27.5 Å². The second-order valence-corrected chi connectivity index (χ2v) is 9.03. The Morgan fingerprint density at radius 3 is 2.53 bits per heavy atom. The zero-order valence-corrected chi connectivity index (χ0v) is 20.1. The molecule has 36 heavy (non-hydrogen) atoms. The Morgan fingerprint density at radius 2 is 1.75 bits per heavy atom. The monoisotopic (exact) mass is 489 g/mol. The molecule has 0 atom stereocenters. The van der Waals surface area contributed by atoms with Crippen LogP contribution in [-0.2, 0) is 20.9 Å². The number of carbonyl (C=O) groups is 2. The number of hydrogen-bond acceptors (Lipinski definition) is 8. The summed E-state index contributed by atoms with van der Waals surface area (Å²) < 4.78 is 7.17. The first-order valence-electron chi connectivity index (χ1n) is 12.1. The molecule has 2 aliphatic rings. The number of H-pyrrole nitrogens is 1. The first kappa shape index (κ1) is 22.4. The van der Waals surface area contributed by atoms with Crippen molar-refractivity contribution in [2.45, 2.75) is 13.5 Å². The molecule has 12 nitrogen and oxygen atoms in total. The van der Waals surface area contributed by atoms with Crippen LogP contribution in [0, 0.1) is 0 Å². The lowest BCUT2D eigenvalue weighted by Crippen LogP contribution is -2.50. The number of fused-ring (bicyclic) bond motifs is 2. The molecule has 0 bridgehead atoms. The lowest BCUT2D eigenvalue weighted by molar-refractivity contribution is -0.138. The number of nitrogens with one attached hydrogen (secondary N) is 1. The van der Waals surface area contributed by atoms with E-state index in [9.17, 15) is 9.59 Å². The van der Waals surface area contributed by atoms with E-state index in [-0.39, 0.29) is 18.4 Å². The Balaban J connectivity index is 1.38. The summed E-state index contributed by atoms with van der Waals surface area (Å²) in [5.41, 5.74) is 3.20. The molecule has 1 aromatic carbocycles. The average molecular weight is 490 g/mol. The quantitative estimate of drug-likeness (QED) is 0.448. The zero-order chi connectivity index (χ0) is 24.6. The molecule has 4 aromatic rings. The van der Waals surface area contributed by atoms with Crippen LogP contribution >= 0.6 is 0 Å². The molecule has 0 saturated carbocycles. The second kappa shape index (κ2) is 9.19. The number of benzene rings is 1. The van der Waals surface area contributed by atoms with Crippen molar-refractivity contribution in [2.75, 3.05) is 57.4 Å². The summed E-state index contributed by atoms with van der Waals surface area (Å²) in [7, 11) is 0. The van der Waals surface area contributed by atoms with E-state index < -0.39 is 0 Å². The van der Waals surface area contributed by atoms with Crippen LogP contribution in [0.4, 0.5) is 5.95 Å². The van der Waals surface area contributed by atoms with Crippen LogP contribution in [0.2, 0.25) is 0 Å². The fraction of sp³-hybridized carbons (Fsp3) is 0.417. The SMILES string of the molecule is CC(=O)N1CCN(C(=O)Cn2ncc3c(-c4cccc5[nH]ncc45)nc(N4CCOCC4)nc32)CC1. The lowest BCUT2D eigenvalue weighted by Gasteiger charge is -2.34. The normalized spacial score (nSPS) is 16.8. The smallest absolute Gasteiger partial charge is 0.244 e. The van der Waals surface area contributed by atoms with Crippen LogP contribution in [-0.4, -0.2) is 104 Å². The van der Waals surface area contributed by atoms with Crippen molar-refractivity contribution >= 4 is 39.7 Å². The highest BCUT2D eigenvalue weighted by atomic mass is 16.5. The van der Waals surface area contributed by atoms with Gasteiger partial charge in [0.25, 0.3) is 0 Å². The van der Waals surface area contributed by atoms with Crippen LogP contribution in [0.5, 0.6) is 0 Å². The fourth-order valence-electron chi connectivity index (χ4n) is 4.84. The third-order valence-electron chi connectivity index (χ3n) is 6.88. The van der Waals surface area contributed by atoms with Crippen LogP contribution in [0.25, 0.3) is 33.2 Å². The van der Waals surface area contributed by atoms with Crippen LogP contribution in [0.3, 0.4) is 0 Å². The summed E-state index contributed by atoms with van der Waals surface area (Å²) >= 11 is 0. The van der Waals surface area contributed by atoms with Gasteiger partial charge in [0, 0.05) is 57.1 Å². The minimum Gasteiger partial charge on any atom is -0.378 e. The molecule has 2 amide bonds. The highest BCUT2D eigenvalue weighted by Crippen LogP contribution is 2.33. The number of nitrogens with zero attached hydrogens (tertiary/aromatic N) is 8. The predicted octanol–water partition coefficient (Wildman–Crippen LogP) is 0.897. The van der Waals surface area contributed by atoms with Gasteiger partial charge in [-0.15, -0.1) is 0 Å². The van der Waals surface area contributed by atoms with Crippen molar-refractivity contribution in [2.24, 2.45) is 0 Å². The molecule has 0 spiro atoms. The van der Waals surface area contributed by atoms with Gasteiger partial charge in [-0.05, 0) is 6.07 Å². The van der Waals surface area contributed by atoms with E-state index in [1.807, 2.05) is 18.2 Å². The van der Waals surface area contributed by atoms with Crippen molar-refractivity contribution in [1.82, 2.24) is 39.7 Å². The third-order valence-corrected chi connectivity index (χ3v) is 6.88. The standard InChI is InChI=1S/C24H27N9O3/c1-16(34)30-5-7-31(8-6-30)21(35)15-33-23-19(14-26-33)22(17-3-2-4-20-18(17)13-25-29-20)27-24(28-23)32-9-11-36-12-10-32/h2-4,13-14H,5-12,15H2,1H3,(H,25,29). The number of aromatic nitrogens is 6. The topological polar surface area (TPSA) is 125 Å². The molecule has 6 rings (SSSR count). The number of piperazine rings is 1. The van der Waals surface area contributed by atoms with Gasteiger partial charge in [0.05, 0.1) is 42.2 Å². The van der Waals surface area contributed by atoms with Crippen LogP contribution in [0.15, 0.2) is 30.6 Å². The largest absolute Gasteiger partial charge is 0.378 e. The summed E-state index contributed by atoms with van der Waals surface area (Å²) in [6.45, 7) is 6.34. The van der Waals surface area contributed by atoms with Crippen molar-refractivity contribution in [3.8, 4) is 11.3 Å². The summed E-state index contributed by atoms with van der Waals surface area (Å²) in [6.07, 6.45) is 3.52. The minimum atomic E-state index is -0.0479. The lowest BCUT2D eigenvalue weighted by atomic mass is 10.1. The van der Waals surface area contributed by atoms with E-state index >= 15 is 0 Å². The van der Waals surface area contributed by atoms with Crippen LogP contribution < -0.4 is 4.90 Å². The van der Waals surface area contributed by atoms with Crippen molar-refractivity contribution < 1.29 is 14.3 Å². The van der Waals surface area contributed by atoms with Gasteiger partial charge in [-0.1, -0.05) is 12.1 Å². The Kier molecular flexibility index (Phi) is 5.72. The Morgan fingerprint density at radius 1 is 0.972 bits per heavy atom. The van der Waals surface area contributed by atoms with E-state index in [0.29, 0.717) is 64.1 Å². The average Bonchev–Trinajstić information content (AvgIpc) is 3.56. The molecule has 0 unspecified atom stereocenters. The highest BCUT2D eigenvalue weighted by molar-refractivity contribution is 6.01. The van der Waals surface area contributed by atoms with Crippen molar-refractivity contribution in [3.63, 3.8) is 0 Å². The number of anilines is 1. The Bertz CT molecular complexity index is 1430. The fourth-order valence-corrected chi connectivity index (χ4v) is 4.84. The van der Waals surface area contributed by atoms with Crippen molar-refractivity contribution in [1.29, 1.82) is 0 Å². The van der Waals surface area contributed by atoms with Gasteiger partial charge in [-0.25, -0.2) is 9.67 Å². The maximum Gasteiger partial charge on any atom is 0.244 e. The maximum atomic E-state index is 13.1. The van der Waals surface area contributed by atoms with E-state index in [2.05, 4.69) is 20.2 Å². The molecule has 186 valence electrons. The Labute approximate surface area is 206 Å². The number of morpholine rings is 1. The number of hydrogen-bond donors (Lipinski definition) is 1. The molecule has 0 aliphatic carbocycles. The molecule has 2 saturated heterocycles. The Hall–Kier alpha value is -4.06. The molecule has 0 radical (unpaired) electrons. The molecule has 2 aliphatic heterocycles. The van der Waals surface area contributed by atoms with Gasteiger partial charge in [0.2, 0.25) is 17.8 Å². The van der Waals surface area contributed by atoms with Gasteiger partial charge in [0.1, 0.15) is 6.54 Å². The third kappa shape index (κ3) is 4.02. The molecule has 12 heteroatoms. The van der Waals surface area contributed by atoms with Crippen molar-refractivity contribution in [3.05, 3.63) is 30.6 Å². The second-order valence-electron chi connectivity index (χ2n) is 9.03. The highest BCUT2D eigenvalue weighted by Gasteiger charge is 2.25. The number of amides is 2. The molecule has 3 aromatic heterocycles. The van der Waals surface area contributed by atoms with Gasteiger partial charge >= 0.3 is 0 Å². The first-order chi connectivity index (χ1) is 17.6. The molecular weight excluding hydrogens is 462 g/mol. The summed E-state index contributed by atoms with van der Waals surface area (Å²) in [6, 6.07) is 5.95. The summed E-state index contributed by atoms with van der Waals surface area (Å²) in [5, 5.41) is 13.5. The van der Waals surface area contributed by atoms with Crippen LogP contribution in [0.1, 0.15) is 6.92 Å².